The van der Waals surface area contributed by atoms with Crippen molar-refractivity contribution < 1.29 is 14.6 Å². The zero-order valence-electron chi connectivity index (χ0n) is 35.1. The molecule has 0 aromatic heterocycles. The molecule has 7 aromatic rings. The molecule has 0 saturated carbocycles. The van der Waals surface area contributed by atoms with E-state index in [-0.39, 0.29) is 12.4 Å². The molecule has 11 heteroatoms. The lowest BCUT2D eigenvalue weighted by Crippen LogP contribution is -2.05. The van der Waals surface area contributed by atoms with E-state index in [2.05, 4.69) is 28.9 Å². The number of aliphatic hydroxyl groups is 1. The molecule has 0 aliphatic rings. The van der Waals surface area contributed by atoms with Crippen molar-refractivity contribution in [2.75, 3.05) is 41.5 Å². The summed E-state index contributed by atoms with van der Waals surface area (Å²) in [6.07, 6.45) is 1.06. The Morgan fingerprint density at radius 2 is 1.11 bits per heavy atom. The van der Waals surface area contributed by atoms with Gasteiger partial charge in [-0.05, 0) is 140 Å². The normalized spacial score (nSPS) is 9.39. The lowest BCUT2D eigenvalue weighted by molar-refractivity contribution is 0.103. The number of nitrogens with two attached hydrogens (primary N) is 6. The predicted molar refractivity (Wildman–Crippen MR) is 259 cm³/mol. The average molecular weight is 883 g/mol. The number of ether oxygens (including phenoxy) is 1. The van der Waals surface area contributed by atoms with Crippen LogP contribution < -0.4 is 39.1 Å². The fraction of sp³-hybridized carbons (Fsp3) is 0.120. The number of methoxy groups -OCH3 is 1. The van der Waals surface area contributed by atoms with Gasteiger partial charge in [0.1, 0.15) is 5.75 Å². The van der Waals surface area contributed by atoms with Crippen LogP contribution in [-0.4, -0.2) is 18.0 Å². The molecular weight excluding hydrogens is 826 g/mol. The van der Waals surface area contributed by atoms with Gasteiger partial charge in [-0.25, -0.2) is 0 Å². The van der Waals surface area contributed by atoms with Gasteiger partial charge in [-0.2, -0.15) is 5.26 Å². The standard InChI is InChI=1S/C14H13NO.C8H11NO.C8H11N.C7H6N2.C7H9NO.C6H6BrN/c1-10-7-8-12(13(15)9-10)14(16)11-5-3-2-4-6-11;1-6-3-4-8(10-2)7(9)5-6;1-2-7-4-3-5-8(9)6-7;8-5-6-1-3-7(9)4-2-6;8-7-3-1-2-6(4-7)5-9;7-5-1-3-6(8)4-2-5/h2-9H,15H2,1H3;3-5H,9H2,1-2H3;3-6H,2,9H2,1H3;1-4H,9H2;1-4,9H,5,8H2;1-4H,8H2. The summed E-state index contributed by atoms with van der Waals surface area (Å²) in [5.74, 6) is 0.712. The molecule has 7 rings (SSSR count). The van der Waals surface area contributed by atoms with Crippen molar-refractivity contribution in [1.29, 1.82) is 5.26 Å². The third-order valence-corrected chi connectivity index (χ3v) is 8.80. The molecule has 0 unspecified atom stereocenters. The fourth-order valence-corrected chi connectivity index (χ4v) is 5.28. The van der Waals surface area contributed by atoms with Crippen molar-refractivity contribution in [2.24, 2.45) is 0 Å². The van der Waals surface area contributed by atoms with Crippen LogP contribution in [0.25, 0.3) is 0 Å². The zero-order chi connectivity index (χ0) is 45.2. The molecule has 61 heavy (non-hydrogen) atoms. The van der Waals surface area contributed by atoms with Crippen LogP contribution in [0.1, 0.15) is 50.7 Å². The molecule has 0 amide bonds. The molecule has 0 bridgehead atoms. The maximum absolute atomic E-state index is 12.1. The van der Waals surface area contributed by atoms with Crippen LogP contribution in [0, 0.1) is 25.2 Å². The van der Waals surface area contributed by atoms with Crippen LogP contribution >= 0.6 is 15.9 Å². The molecule has 0 aliphatic heterocycles. The van der Waals surface area contributed by atoms with Crippen LogP contribution in [-0.2, 0) is 13.0 Å². The van der Waals surface area contributed by atoms with Crippen molar-refractivity contribution in [3.63, 3.8) is 0 Å². The van der Waals surface area contributed by atoms with E-state index in [9.17, 15) is 4.79 Å². The number of carbonyl (C=O) groups excluding carboxylic acids is 1. The summed E-state index contributed by atoms with van der Waals surface area (Å²) in [5, 5.41) is 16.9. The number of nitrogens with zero attached hydrogens (tertiary/aromatic N) is 1. The number of benzene rings is 7. The first-order valence-corrected chi connectivity index (χ1v) is 19.9. The number of hydrogen-bond acceptors (Lipinski definition) is 10. The number of aliphatic hydroxyl groups excluding tert-OH is 1. The van der Waals surface area contributed by atoms with Gasteiger partial charge >= 0.3 is 0 Å². The Hall–Kier alpha value is -7.26. The van der Waals surface area contributed by atoms with E-state index in [1.165, 1.54) is 5.56 Å². The van der Waals surface area contributed by atoms with Crippen molar-refractivity contribution in [3.8, 4) is 11.8 Å². The second-order valence-electron chi connectivity index (χ2n) is 13.3. The van der Waals surface area contributed by atoms with Gasteiger partial charge in [0.15, 0.2) is 5.78 Å². The van der Waals surface area contributed by atoms with Gasteiger partial charge in [0.2, 0.25) is 0 Å². The van der Waals surface area contributed by atoms with Crippen LogP contribution in [0.15, 0.2) is 168 Å². The molecule has 0 aliphatic carbocycles. The van der Waals surface area contributed by atoms with Crippen LogP contribution in [0.3, 0.4) is 0 Å². The summed E-state index contributed by atoms with van der Waals surface area (Å²) < 4.78 is 6.04. The summed E-state index contributed by atoms with van der Waals surface area (Å²) in [4.78, 5) is 12.1. The van der Waals surface area contributed by atoms with Gasteiger partial charge in [-0.1, -0.05) is 89.6 Å². The molecule has 0 fully saturated rings. The molecule has 7 aromatic carbocycles. The number of carbonyl (C=O) groups is 1. The number of aryl methyl sites for hydroxylation is 3. The summed E-state index contributed by atoms with van der Waals surface area (Å²) in [5.41, 5.74) is 43.7. The van der Waals surface area contributed by atoms with E-state index < -0.39 is 0 Å². The Balaban J connectivity index is 0.000000257. The van der Waals surface area contributed by atoms with Gasteiger partial charge in [-0.15, -0.1) is 0 Å². The van der Waals surface area contributed by atoms with E-state index in [0.29, 0.717) is 39.4 Å². The summed E-state index contributed by atoms with van der Waals surface area (Å²) in [7, 11) is 1.61. The number of hydrogen-bond donors (Lipinski definition) is 7. The molecule has 0 saturated heterocycles. The number of anilines is 6. The number of halogens is 1. The van der Waals surface area contributed by atoms with Gasteiger partial charge in [-0.3, -0.25) is 4.79 Å². The summed E-state index contributed by atoms with van der Waals surface area (Å²) in [6, 6.07) is 51.8. The quantitative estimate of drug-likeness (QED) is 0.0639. The van der Waals surface area contributed by atoms with E-state index in [1.54, 1.807) is 61.7 Å². The SMILES string of the molecule is CCc1cccc(N)c1.COc1ccc(C)cc1N.Cc1ccc(C(=O)c2ccccc2)c(N)c1.N#Cc1ccc(N)cc1.Nc1ccc(Br)cc1.Nc1cccc(CO)c1. The number of nitrogen functional groups attached to an aromatic ring is 6. The van der Waals surface area contributed by atoms with Crippen molar-refractivity contribution in [2.45, 2.75) is 33.8 Å². The summed E-state index contributed by atoms with van der Waals surface area (Å²) in [6.45, 7) is 6.13. The minimum Gasteiger partial charge on any atom is -0.495 e. The van der Waals surface area contributed by atoms with Crippen molar-refractivity contribution in [1.82, 2.24) is 0 Å². The van der Waals surface area contributed by atoms with E-state index in [0.717, 1.165) is 44.7 Å². The molecule has 316 valence electrons. The lowest BCUT2D eigenvalue weighted by atomic mass is 10.0. The molecule has 10 nitrogen and oxygen atoms in total. The number of ketones is 1. The molecular formula is C50H56BrN7O3. The monoisotopic (exact) mass is 881 g/mol. The van der Waals surface area contributed by atoms with Crippen molar-refractivity contribution >= 4 is 55.8 Å². The maximum atomic E-state index is 12.1. The average Bonchev–Trinajstić information content (AvgIpc) is 3.26. The summed E-state index contributed by atoms with van der Waals surface area (Å²) >= 11 is 3.29. The number of rotatable bonds is 5. The van der Waals surface area contributed by atoms with Crippen LogP contribution in [0.5, 0.6) is 5.75 Å². The van der Waals surface area contributed by atoms with Crippen molar-refractivity contribution in [3.05, 3.63) is 207 Å². The van der Waals surface area contributed by atoms with Gasteiger partial charge in [0.25, 0.3) is 0 Å². The topological polar surface area (TPSA) is 226 Å². The Morgan fingerprint density at radius 3 is 1.54 bits per heavy atom. The minimum atomic E-state index is -0.0295. The van der Waals surface area contributed by atoms with Crippen LogP contribution in [0.2, 0.25) is 0 Å². The molecule has 0 radical (unpaired) electrons. The Labute approximate surface area is 368 Å². The highest BCUT2D eigenvalue weighted by molar-refractivity contribution is 9.10. The van der Waals surface area contributed by atoms with Gasteiger partial charge in [0, 0.05) is 44.0 Å². The molecule has 0 atom stereocenters. The highest BCUT2D eigenvalue weighted by atomic mass is 79.9. The third-order valence-electron chi connectivity index (χ3n) is 8.28. The fourth-order valence-electron chi connectivity index (χ4n) is 5.01. The first kappa shape index (κ1) is 49.9. The first-order valence-electron chi connectivity index (χ1n) is 19.1. The highest BCUT2D eigenvalue weighted by Gasteiger charge is 2.11. The maximum Gasteiger partial charge on any atom is 0.195 e. The van der Waals surface area contributed by atoms with Crippen LogP contribution in [0.4, 0.5) is 34.1 Å². The largest absolute Gasteiger partial charge is 0.495 e. The Kier molecular flexibility index (Phi) is 22.4. The van der Waals surface area contributed by atoms with E-state index >= 15 is 0 Å². The second kappa shape index (κ2) is 27.4. The van der Waals surface area contributed by atoms with Gasteiger partial charge < -0.3 is 44.2 Å². The number of nitriles is 1. The third kappa shape index (κ3) is 19.8. The first-order chi connectivity index (χ1) is 29.2. The second-order valence-corrected chi connectivity index (χ2v) is 14.2. The molecule has 0 spiro atoms. The predicted octanol–water partition coefficient (Wildman–Crippen LogP) is 10.2. The molecule has 13 N–H and O–H groups in total. The molecule has 0 heterocycles. The Bertz CT molecular complexity index is 2340. The lowest BCUT2D eigenvalue weighted by Gasteiger charge is -2.05. The smallest absolute Gasteiger partial charge is 0.195 e. The highest BCUT2D eigenvalue weighted by Crippen LogP contribution is 2.21. The van der Waals surface area contributed by atoms with E-state index in [4.69, 9.17) is 49.5 Å². The zero-order valence-corrected chi connectivity index (χ0v) is 36.6. The van der Waals surface area contributed by atoms with E-state index in [1.807, 2.05) is 123 Å². The van der Waals surface area contributed by atoms with Gasteiger partial charge in [0.05, 0.1) is 31.0 Å². The minimum absolute atomic E-state index is 0.0295. The Morgan fingerprint density at radius 1 is 0.607 bits per heavy atom.